The van der Waals surface area contributed by atoms with Crippen molar-refractivity contribution in [3.05, 3.63) is 35.4 Å². The van der Waals surface area contributed by atoms with Gasteiger partial charge in [0.1, 0.15) is 11.6 Å². The van der Waals surface area contributed by atoms with Crippen LogP contribution in [0, 0.1) is 17.6 Å². The molecule has 2 aliphatic rings. The zero-order chi connectivity index (χ0) is 21.5. The van der Waals surface area contributed by atoms with E-state index in [4.69, 9.17) is 0 Å². The SMILES string of the molecule is CCNC(=NCCNC(=O)C1CC1)N1CCN(C(CC)c2ccc(F)cc2F)CC1. The molecule has 2 N–H and O–H groups in total. The van der Waals surface area contributed by atoms with Crippen molar-refractivity contribution in [1.29, 1.82) is 0 Å². The molecule has 30 heavy (non-hydrogen) atoms. The summed E-state index contributed by atoms with van der Waals surface area (Å²) in [7, 11) is 0. The summed E-state index contributed by atoms with van der Waals surface area (Å²) in [6, 6.07) is 3.79. The van der Waals surface area contributed by atoms with Gasteiger partial charge in [0.2, 0.25) is 5.91 Å². The maximum atomic E-state index is 14.3. The molecule has 2 fully saturated rings. The van der Waals surface area contributed by atoms with Crippen molar-refractivity contribution in [2.45, 2.75) is 39.2 Å². The lowest BCUT2D eigenvalue weighted by atomic mass is 10.0. The lowest BCUT2D eigenvalue weighted by Gasteiger charge is -2.40. The first-order valence-electron chi connectivity index (χ1n) is 11.0. The number of piperazine rings is 1. The maximum absolute atomic E-state index is 14.3. The minimum atomic E-state index is -0.546. The molecule has 1 atom stereocenters. The predicted molar refractivity (Wildman–Crippen MR) is 114 cm³/mol. The molecule has 0 bridgehead atoms. The number of nitrogens with zero attached hydrogens (tertiary/aromatic N) is 3. The van der Waals surface area contributed by atoms with Crippen molar-refractivity contribution in [2.24, 2.45) is 10.9 Å². The highest BCUT2D eigenvalue weighted by Gasteiger charge is 2.29. The zero-order valence-electron chi connectivity index (χ0n) is 18.0. The van der Waals surface area contributed by atoms with Crippen molar-refractivity contribution >= 4 is 11.9 Å². The van der Waals surface area contributed by atoms with Gasteiger partial charge in [-0.25, -0.2) is 8.78 Å². The fourth-order valence-corrected chi connectivity index (χ4v) is 3.95. The van der Waals surface area contributed by atoms with E-state index >= 15 is 0 Å². The number of benzene rings is 1. The fourth-order valence-electron chi connectivity index (χ4n) is 3.95. The molecular weight excluding hydrogens is 388 g/mol. The Morgan fingerprint density at radius 1 is 1.17 bits per heavy atom. The van der Waals surface area contributed by atoms with Crippen LogP contribution in [0.3, 0.4) is 0 Å². The number of carbonyl (C=O) groups excluding carboxylic acids is 1. The third-order valence-corrected chi connectivity index (χ3v) is 5.72. The summed E-state index contributed by atoms with van der Waals surface area (Å²) >= 11 is 0. The number of rotatable bonds is 8. The fraction of sp³-hybridized carbons (Fsp3) is 0.636. The smallest absolute Gasteiger partial charge is 0.223 e. The number of halogens is 2. The third-order valence-electron chi connectivity index (χ3n) is 5.72. The van der Waals surface area contributed by atoms with E-state index in [1.54, 1.807) is 6.07 Å². The molecule has 1 saturated carbocycles. The largest absolute Gasteiger partial charge is 0.357 e. The number of nitrogens with one attached hydrogen (secondary N) is 2. The average molecular weight is 422 g/mol. The number of amides is 1. The number of guanidine groups is 1. The number of hydrogen-bond acceptors (Lipinski definition) is 3. The van der Waals surface area contributed by atoms with Crippen molar-refractivity contribution in [1.82, 2.24) is 20.4 Å². The Morgan fingerprint density at radius 2 is 1.90 bits per heavy atom. The van der Waals surface area contributed by atoms with E-state index in [-0.39, 0.29) is 17.9 Å². The summed E-state index contributed by atoms with van der Waals surface area (Å²) in [4.78, 5) is 20.8. The summed E-state index contributed by atoms with van der Waals surface area (Å²) in [6.07, 6.45) is 2.77. The molecule has 0 spiro atoms. The predicted octanol–water partition coefficient (Wildman–Crippen LogP) is 2.53. The topological polar surface area (TPSA) is 60.0 Å². The molecule has 1 amide bonds. The van der Waals surface area contributed by atoms with Gasteiger partial charge in [0.25, 0.3) is 0 Å². The van der Waals surface area contributed by atoms with E-state index in [1.165, 1.54) is 6.07 Å². The quantitative estimate of drug-likeness (QED) is 0.385. The summed E-state index contributed by atoms with van der Waals surface area (Å²) in [5.74, 6) is 0.178. The summed E-state index contributed by atoms with van der Waals surface area (Å²) in [6.45, 7) is 9.03. The van der Waals surface area contributed by atoms with Gasteiger partial charge >= 0.3 is 0 Å². The monoisotopic (exact) mass is 421 g/mol. The van der Waals surface area contributed by atoms with Crippen LogP contribution in [0.2, 0.25) is 0 Å². The zero-order valence-corrected chi connectivity index (χ0v) is 18.0. The first kappa shape index (κ1) is 22.5. The molecule has 1 aliphatic carbocycles. The third kappa shape index (κ3) is 5.90. The van der Waals surface area contributed by atoms with Gasteiger partial charge in [0, 0.05) is 62.9 Å². The van der Waals surface area contributed by atoms with Crippen LogP contribution < -0.4 is 10.6 Å². The molecule has 3 rings (SSSR count). The average Bonchev–Trinajstić information content (AvgIpc) is 3.58. The van der Waals surface area contributed by atoms with E-state index in [0.29, 0.717) is 18.7 Å². The summed E-state index contributed by atoms with van der Waals surface area (Å²) in [5.41, 5.74) is 0.555. The van der Waals surface area contributed by atoms with Crippen LogP contribution in [0.5, 0.6) is 0 Å². The Morgan fingerprint density at radius 3 is 2.50 bits per heavy atom. The molecule has 1 heterocycles. The highest BCUT2D eigenvalue weighted by molar-refractivity contribution is 5.81. The van der Waals surface area contributed by atoms with Crippen LogP contribution in [-0.4, -0.2) is 67.5 Å². The molecule has 1 saturated heterocycles. The highest BCUT2D eigenvalue weighted by Crippen LogP contribution is 2.29. The molecule has 1 aromatic carbocycles. The Balaban J connectivity index is 1.54. The first-order valence-corrected chi connectivity index (χ1v) is 11.0. The van der Waals surface area contributed by atoms with E-state index in [2.05, 4.69) is 25.4 Å². The Kier molecular flexibility index (Phi) is 8.01. The minimum Gasteiger partial charge on any atom is -0.357 e. The van der Waals surface area contributed by atoms with Crippen LogP contribution in [0.25, 0.3) is 0 Å². The van der Waals surface area contributed by atoms with Crippen LogP contribution in [0.1, 0.15) is 44.7 Å². The molecule has 1 aromatic rings. The molecular formula is C22H33F2N5O. The lowest BCUT2D eigenvalue weighted by molar-refractivity contribution is -0.122. The van der Waals surface area contributed by atoms with Crippen LogP contribution in [0.4, 0.5) is 8.78 Å². The van der Waals surface area contributed by atoms with Crippen molar-refractivity contribution < 1.29 is 13.6 Å². The van der Waals surface area contributed by atoms with Gasteiger partial charge in [-0.2, -0.15) is 0 Å². The van der Waals surface area contributed by atoms with E-state index in [1.807, 2.05) is 13.8 Å². The van der Waals surface area contributed by atoms with E-state index in [0.717, 1.165) is 64.0 Å². The summed E-state index contributed by atoms with van der Waals surface area (Å²) in [5, 5.41) is 6.26. The standard InChI is InChI=1S/C22H33F2N5O/c1-3-20(18-8-7-17(23)15-19(18)24)28-11-13-29(14-12-28)22(25-4-2)27-10-9-26-21(30)16-5-6-16/h7-8,15-16,20H,3-6,9-14H2,1-2H3,(H,25,27)(H,26,30). The van der Waals surface area contributed by atoms with Crippen LogP contribution in [0.15, 0.2) is 23.2 Å². The van der Waals surface area contributed by atoms with E-state index < -0.39 is 11.6 Å². The molecule has 0 radical (unpaired) electrons. The normalized spacial score (nSPS) is 18.9. The van der Waals surface area contributed by atoms with Gasteiger partial charge in [0.15, 0.2) is 5.96 Å². The second-order valence-electron chi connectivity index (χ2n) is 7.91. The number of aliphatic imine (C=N–C) groups is 1. The van der Waals surface area contributed by atoms with Gasteiger partial charge in [-0.15, -0.1) is 0 Å². The molecule has 8 heteroatoms. The summed E-state index contributed by atoms with van der Waals surface area (Å²) < 4.78 is 27.6. The van der Waals surface area contributed by atoms with Crippen molar-refractivity contribution in [2.75, 3.05) is 45.8 Å². The molecule has 6 nitrogen and oxygen atoms in total. The second kappa shape index (κ2) is 10.7. The van der Waals surface area contributed by atoms with Gasteiger partial charge in [0.05, 0.1) is 6.54 Å². The van der Waals surface area contributed by atoms with E-state index in [9.17, 15) is 13.6 Å². The minimum absolute atomic E-state index is 0.0649. The Labute approximate surface area is 177 Å². The molecule has 166 valence electrons. The van der Waals surface area contributed by atoms with Gasteiger partial charge < -0.3 is 15.5 Å². The van der Waals surface area contributed by atoms with Crippen LogP contribution in [-0.2, 0) is 4.79 Å². The molecule has 0 aromatic heterocycles. The van der Waals surface area contributed by atoms with Gasteiger partial charge in [-0.1, -0.05) is 13.0 Å². The number of carbonyl (C=O) groups is 1. The molecule has 1 unspecified atom stereocenters. The maximum Gasteiger partial charge on any atom is 0.223 e. The van der Waals surface area contributed by atoms with Gasteiger partial charge in [-0.05, 0) is 32.3 Å². The second-order valence-corrected chi connectivity index (χ2v) is 7.91. The Bertz CT molecular complexity index is 745. The highest BCUT2D eigenvalue weighted by atomic mass is 19.1. The number of hydrogen-bond donors (Lipinski definition) is 2. The van der Waals surface area contributed by atoms with Crippen molar-refractivity contribution in [3.8, 4) is 0 Å². The van der Waals surface area contributed by atoms with Gasteiger partial charge in [-0.3, -0.25) is 14.7 Å². The lowest BCUT2D eigenvalue weighted by Crippen LogP contribution is -2.53. The van der Waals surface area contributed by atoms with Crippen molar-refractivity contribution in [3.63, 3.8) is 0 Å². The first-order chi connectivity index (χ1) is 14.5. The van der Waals surface area contributed by atoms with Crippen LogP contribution >= 0.6 is 0 Å². The Hall–Kier alpha value is -2.22. The molecule has 1 aliphatic heterocycles.